The Morgan fingerprint density at radius 1 is 1.15 bits per heavy atom. The third-order valence-electron chi connectivity index (χ3n) is 3.86. The number of ketones is 1. The lowest BCUT2D eigenvalue weighted by Gasteiger charge is -2.07. The molecule has 1 aromatic carbocycles. The van der Waals surface area contributed by atoms with Crippen molar-refractivity contribution in [1.82, 2.24) is 0 Å². The molecule has 1 aromatic rings. The smallest absolute Gasteiger partial charge is 0.310 e. The van der Waals surface area contributed by atoms with E-state index in [0.717, 1.165) is 42.4 Å². The van der Waals surface area contributed by atoms with Crippen molar-refractivity contribution in [2.45, 2.75) is 44.9 Å². The Balaban J connectivity index is 2.17. The number of aliphatic carboxylic acids is 1. The van der Waals surface area contributed by atoms with Gasteiger partial charge in [0.1, 0.15) is 0 Å². The van der Waals surface area contributed by atoms with Gasteiger partial charge < -0.3 is 5.11 Å². The molecule has 1 aliphatic rings. The fourth-order valence-electron chi connectivity index (χ4n) is 2.46. The standard InChI is InChI=1S/C17H20O3/c1-12(17(19)20)14-9-7-13(8-10-14)11-15-5-3-2-4-6-16(15)18/h7-12H,2-6H2,1H3,(H,19,20)/b15-11-/t12-/m0/s1. The SMILES string of the molecule is C[C@H](C(=O)O)c1ccc(/C=C2/CCCCCC2=O)cc1. The van der Waals surface area contributed by atoms with Crippen molar-refractivity contribution in [1.29, 1.82) is 0 Å². The zero-order valence-corrected chi connectivity index (χ0v) is 11.8. The van der Waals surface area contributed by atoms with Gasteiger partial charge in [-0.1, -0.05) is 30.7 Å². The fraction of sp³-hybridized carbons (Fsp3) is 0.412. The van der Waals surface area contributed by atoms with Crippen LogP contribution < -0.4 is 0 Å². The van der Waals surface area contributed by atoms with Crippen molar-refractivity contribution in [2.75, 3.05) is 0 Å². The maximum absolute atomic E-state index is 11.9. The number of benzene rings is 1. The first-order chi connectivity index (χ1) is 9.58. The predicted molar refractivity (Wildman–Crippen MR) is 78.6 cm³/mol. The molecule has 3 heteroatoms. The highest BCUT2D eigenvalue weighted by atomic mass is 16.4. The van der Waals surface area contributed by atoms with Crippen LogP contribution in [-0.4, -0.2) is 16.9 Å². The molecule has 0 saturated heterocycles. The maximum Gasteiger partial charge on any atom is 0.310 e. The summed E-state index contributed by atoms with van der Waals surface area (Å²) < 4.78 is 0. The summed E-state index contributed by atoms with van der Waals surface area (Å²) in [5.74, 6) is -1.07. The molecule has 106 valence electrons. The minimum atomic E-state index is -0.824. The molecule has 0 unspecified atom stereocenters. The zero-order valence-electron chi connectivity index (χ0n) is 11.8. The van der Waals surface area contributed by atoms with Gasteiger partial charge in [0.15, 0.2) is 5.78 Å². The van der Waals surface area contributed by atoms with E-state index < -0.39 is 11.9 Å². The zero-order chi connectivity index (χ0) is 14.5. The molecule has 1 saturated carbocycles. The highest BCUT2D eigenvalue weighted by Crippen LogP contribution is 2.23. The molecule has 0 heterocycles. The van der Waals surface area contributed by atoms with Crippen LogP contribution in [0, 0.1) is 0 Å². The van der Waals surface area contributed by atoms with Gasteiger partial charge in [0, 0.05) is 6.42 Å². The fourth-order valence-corrected chi connectivity index (χ4v) is 2.46. The average Bonchev–Trinajstić information content (AvgIpc) is 2.64. The number of hydrogen-bond acceptors (Lipinski definition) is 2. The largest absolute Gasteiger partial charge is 0.481 e. The summed E-state index contributed by atoms with van der Waals surface area (Å²) in [5.41, 5.74) is 2.66. The van der Waals surface area contributed by atoms with E-state index in [9.17, 15) is 9.59 Å². The topological polar surface area (TPSA) is 54.4 Å². The number of rotatable bonds is 3. The first kappa shape index (κ1) is 14.5. The number of carbonyl (C=O) groups is 2. The molecule has 3 nitrogen and oxygen atoms in total. The van der Waals surface area contributed by atoms with Crippen LogP contribution in [0.3, 0.4) is 0 Å². The van der Waals surface area contributed by atoms with Crippen molar-refractivity contribution >= 4 is 17.8 Å². The predicted octanol–water partition coefficient (Wildman–Crippen LogP) is 3.79. The summed E-state index contributed by atoms with van der Waals surface area (Å²) in [6.45, 7) is 1.67. The third kappa shape index (κ3) is 3.56. The first-order valence-corrected chi connectivity index (χ1v) is 7.14. The lowest BCUT2D eigenvalue weighted by Crippen LogP contribution is -2.07. The van der Waals surface area contributed by atoms with Gasteiger partial charge in [0.2, 0.25) is 0 Å². The van der Waals surface area contributed by atoms with Crippen molar-refractivity contribution in [3.05, 3.63) is 41.0 Å². The van der Waals surface area contributed by atoms with Gasteiger partial charge in [-0.15, -0.1) is 0 Å². The Hall–Kier alpha value is -1.90. The van der Waals surface area contributed by atoms with Crippen LogP contribution in [0.5, 0.6) is 0 Å². The molecular formula is C17H20O3. The molecule has 0 spiro atoms. The number of Topliss-reactive ketones (excluding diaryl/α,β-unsaturated/α-hetero) is 1. The van der Waals surface area contributed by atoms with E-state index in [-0.39, 0.29) is 5.78 Å². The van der Waals surface area contributed by atoms with Gasteiger partial charge in [-0.3, -0.25) is 9.59 Å². The molecule has 0 aromatic heterocycles. The van der Waals surface area contributed by atoms with Gasteiger partial charge in [-0.05, 0) is 49.0 Å². The van der Waals surface area contributed by atoms with E-state index in [0.29, 0.717) is 6.42 Å². The molecule has 2 rings (SSSR count). The van der Waals surface area contributed by atoms with E-state index in [4.69, 9.17) is 5.11 Å². The van der Waals surface area contributed by atoms with Crippen LogP contribution in [0.1, 0.15) is 56.1 Å². The van der Waals surface area contributed by atoms with Crippen LogP contribution in [0.2, 0.25) is 0 Å². The second-order valence-corrected chi connectivity index (χ2v) is 5.38. The molecule has 1 fully saturated rings. The van der Waals surface area contributed by atoms with Crippen LogP contribution >= 0.6 is 0 Å². The molecule has 0 radical (unpaired) electrons. The summed E-state index contributed by atoms with van der Waals surface area (Å²) in [4.78, 5) is 22.9. The Morgan fingerprint density at radius 2 is 1.80 bits per heavy atom. The summed E-state index contributed by atoms with van der Waals surface area (Å²) in [5, 5.41) is 8.98. The Bertz CT molecular complexity index is 526. The average molecular weight is 272 g/mol. The number of carbonyl (C=O) groups excluding carboxylic acids is 1. The monoisotopic (exact) mass is 272 g/mol. The van der Waals surface area contributed by atoms with Gasteiger partial charge in [0.25, 0.3) is 0 Å². The Morgan fingerprint density at radius 3 is 2.45 bits per heavy atom. The minimum Gasteiger partial charge on any atom is -0.481 e. The van der Waals surface area contributed by atoms with Gasteiger partial charge in [0.05, 0.1) is 5.92 Å². The lowest BCUT2D eigenvalue weighted by atomic mass is 9.98. The number of allylic oxidation sites excluding steroid dienone is 1. The molecule has 20 heavy (non-hydrogen) atoms. The molecule has 0 aliphatic heterocycles. The second kappa shape index (κ2) is 6.51. The van der Waals surface area contributed by atoms with Crippen molar-refractivity contribution < 1.29 is 14.7 Å². The first-order valence-electron chi connectivity index (χ1n) is 7.14. The van der Waals surface area contributed by atoms with E-state index >= 15 is 0 Å². The lowest BCUT2D eigenvalue weighted by molar-refractivity contribution is -0.138. The molecule has 0 bridgehead atoms. The Labute approximate surface area is 119 Å². The van der Waals surface area contributed by atoms with Gasteiger partial charge in [-0.25, -0.2) is 0 Å². The minimum absolute atomic E-state index is 0.255. The van der Waals surface area contributed by atoms with Crippen molar-refractivity contribution in [2.24, 2.45) is 0 Å². The van der Waals surface area contributed by atoms with E-state index in [2.05, 4.69) is 0 Å². The highest BCUT2D eigenvalue weighted by Gasteiger charge is 2.14. The van der Waals surface area contributed by atoms with E-state index in [1.807, 2.05) is 30.3 Å². The third-order valence-corrected chi connectivity index (χ3v) is 3.86. The number of hydrogen-bond donors (Lipinski definition) is 1. The van der Waals surface area contributed by atoms with Crippen LogP contribution in [-0.2, 0) is 9.59 Å². The van der Waals surface area contributed by atoms with Gasteiger partial charge >= 0.3 is 5.97 Å². The molecule has 1 N–H and O–H groups in total. The van der Waals surface area contributed by atoms with Gasteiger partial charge in [-0.2, -0.15) is 0 Å². The molecular weight excluding hydrogens is 252 g/mol. The Kier molecular flexibility index (Phi) is 4.72. The number of carboxylic acids is 1. The van der Waals surface area contributed by atoms with Crippen molar-refractivity contribution in [3.8, 4) is 0 Å². The summed E-state index contributed by atoms with van der Waals surface area (Å²) in [7, 11) is 0. The quantitative estimate of drug-likeness (QED) is 0.672. The normalized spacial score (nSPS) is 19.6. The summed E-state index contributed by atoms with van der Waals surface area (Å²) in [6.07, 6.45) is 6.64. The maximum atomic E-state index is 11.9. The van der Waals surface area contributed by atoms with Crippen molar-refractivity contribution in [3.63, 3.8) is 0 Å². The van der Waals surface area contributed by atoms with Crippen LogP contribution in [0.4, 0.5) is 0 Å². The summed E-state index contributed by atoms with van der Waals surface area (Å²) >= 11 is 0. The summed E-state index contributed by atoms with van der Waals surface area (Å²) in [6, 6.07) is 7.43. The number of carboxylic acid groups (broad SMARTS) is 1. The molecule has 1 atom stereocenters. The van der Waals surface area contributed by atoms with Crippen LogP contribution in [0.25, 0.3) is 6.08 Å². The highest BCUT2D eigenvalue weighted by molar-refractivity contribution is 5.99. The van der Waals surface area contributed by atoms with E-state index in [1.54, 1.807) is 6.92 Å². The van der Waals surface area contributed by atoms with Crippen LogP contribution in [0.15, 0.2) is 29.8 Å². The van der Waals surface area contributed by atoms with E-state index in [1.165, 1.54) is 0 Å². The molecule has 1 aliphatic carbocycles. The second-order valence-electron chi connectivity index (χ2n) is 5.38. The molecule has 0 amide bonds.